The molecule has 4 nitrogen and oxygen atoms in total. The van der Waals surface area contributed by atoms with Crippen LogP contribution in [0.4, 0.5) is 10.2 Å². The zero-order valence-electron chi connectivity index (χ0n) is 12.9. The normalized spacial score (nSPS) is 11.8. The predicted octanol–water partition coefficient (Wildman–Crippen LogP) is 4.48. The summed E-state index contributed by atoms with van der Waals surface area (Å²) < 4.78 is 18.5. The monoisotopic (exact) mass is 343 g/mol. The third-order valence-corrected chi connectivity index (χ3v) is 3.88. The fraction of sp³-hybridized carbons (Fsp3) is 0.111. The second-order valence-corrected chi connectivity index (χ2v) is 5.53. The Morgan fingerprint density at radius 3 is 2.25 bits per heavy atom. The molecule has 1 unspecified atom stereocenters. The van der Waals surface area contributed by atoms with Gasteiger partial charge >= 0.3 is 0 Å². The summed E-state index contributed by atoms with van der Waals surface area (Å²) >= 11 is 6.15. The molecule has 0 aliphatic heterocycles. The molecule has 6 heteroatoms. The van der Waals surface area contributed by atoms with Crippen LogP contribution in [0.25, 0.3) is 0 Å². The van der Waals surface area contributed by atoms with Gasteiger partial charge < -0.3 is 10.1 Å². The number of nitrogens with one attached hydrogen (secondary N) is 1. The molecule has 0 amide bonds. The van der Waals surface area contributed by atoms with E-state index in [2.05, 4.69) is 15.3 Å². The molecule has 0 fully saturated rings. The maximum absolute atomic E-state index is 13.3. The van der Waals surface area contributed by atoms with E-state index in [1.54, 1.807) is 19.2 Å². The average molecular weight is 344 g/mol. The topological polar surface area (TPSA) is 47.0 Å². The van der Waals surface area contributed by atoms with Gasteiger partial charge in [0, 0.05) is 0 Å². The van der Waals surface area contributed by atoms with Crippen LogP contribution in [0.2, 0.25) is 5.02 Å². The van der Waals surface area contributed by atoms with Gasteiger partial charge in [0.15, 0.2) is 0 Å². The van der Waals surface area contributed by atoms with E-state index in [4.69, 9.17) is 16.3 Å². The molecular formula is C18H15ClFN3O. The molecule has 24 heavy (non-hydrogen) atoms. The first kappa shape index (κ1) is 16.2. The lowest BCUT2D eigenvalue weighted by molar-refractivity contribution is 0.414. The van der Waals surface area contributed by atoms with Gasteiger partial charge in [-0.15, -0.1) is 0 Å². The van der Waals surface area contributed by atoms with Gasteiger partial charge in [0.25, 0.3) is 0 Å². The first-order chi connectivity index (χ1) is 11.7. The molecule has 0 bridgehead atoms. The van der Waals surface area contributed by atoms with E-state index >= 15 is 0 Å². The highest BCUT2D eigenvalue weighted by Crippen LogP contribution is 2.29. The lowest BCUT2D eigenvalue weighted by Crippen LogP contribution is -2.14. The number of methoxy groups -OCH3 is 1. The van der Waals surface area contributed by atoms with Crippen LogP contribution in [-0.2, 0) is 0 Å². The average Bonchev–Trinajstić information content (AvgIpc) is 2.62. The summed E-state index contributed by atoms with van der Waals surface area (Å²) in [5, 5.41) is 3.71. The molecule has 0 radical (unpaired) electrons. The number of benzene rings is 2. The standard InChI is InChI=1S/C18H15ClFN3O/c1-24-15-8-4-13(5-9-15)17(12-2-6-14(20)7-3-12)23-18-16(19)10-21-11-22-18/h2-11,17H,1H3,(H,21,22,23). The van der Waals surface area contributed by atoms with Gasteiger partial charge in [0.2, 0.25) is 0 Å². The molecule has 0 aliphatic rings. The minimum absolute atomic E-state index is 0.246. The number of nitrogens with zero attached hydrogens (tertiary/aromatic N) is 2. The van der Waals surface area contributed by atoms with Gasteiger partial charge in [-0.2, -0.15) is 0 Å². The fourth-order valence-electron chi connectivity index (χ4n) is 2.37. The minimum atomic E-state index is -0.285. The number of hydrogen-bond acceptors (Lipinski definition) is 4. The van der Waals surface area contributed by atoms with Crippen molar-refractivity contribution in [1.29, 1.82) is 0 Å². The lowest BCUT2D eigenvalue weighted by atomic mass is 9.98. The Morgan fingerprint density at radius 1 is 1.04 bits per heavy atom. The zero-order valence-corrected chi connectivity index (χ0v) is 13.7. The summed E-state index contributed by atoms with van der Waals surface area (Å²) in [4.78, 5) is 8.05. The van der Waals surface area contributed by atoms with Crippen LogP contribution in [-0.4, -0.2) is 17.1 Å². The molecule has 122 valence electrons. The summed E-state index contributed by atoms with van der Waals surface area (Å²) in [5.41, 5.74) is 1.85. The second kappa shape index (κ2) is 7.27. The quantitative estimate of drug-likeness (QED) is 0.742. The van der Waals surface area contributed by atoms with Crippen molar-refractivity contribution in [3.63, 3.8) is 0 Å². The predicted molar refractivity (Wildman–Crippen MR) is 91.9 cm³/mol. The highest BCUT2D eigenvalue weighted by Gasteiger charge is 2.16. The maximum atomic E-state index is 13.3. The zero-order chi connectivity index (χ0) is 16.9. The minimum Gasteiger partial charge on any atom is -0.497 e. The van der Waals surface area contributed by atoms with Crippen molar-refractivity contribution in [1.82, 2.24) is 9.97 Å². The Labute approximate surface area is 144 Å². The number of aromatic nitrogens is 2. The summed E-state index contributed by atoms with van der Waals surface area (Å²) in [6.45, 7) is 0. The fourth-order valence-corrected chi connectivity index (χ4v) is 2.53. The summed E-state index contributed by atoms with van der Waals surface area (Å²) in [6, 6.07) is 13.7. The van der Waals surface area contributed by atoms with Crippen molar-refractivity contribution >= 4 is 17.4 Å². The van der Waals surface area contributed by atoms with Crippen LogP contribution >= 0.6 is 11.6 Å². The van der Waals surface area contributed by atoms with Crippen LogP contribution in [0.15, 0.2) is 61.1 Å². The SMILES string of the molecule is COc1ccc(C(Nc2ncncc2Cl)c2ccc(F)cc2)cc1. The van der Waals surface area contributed by atoms with Crippen LogP contribution in [0, 0.1) is 5.82 Å². The van der Waals surface area contributed by atoms with E-state index in [1.165, 1.54) is 24.7 Å². The van der Waals surface area contributed by atoms with Crippen molar-refractivity contribution in [3.8, 4) is 5.75 Å². The van der Waals surface area contributed by atoms with Gasteiger partial charge in [-0.05, 0) is 35.4 Å². The van der Waals surface area contributed by atoms with Gasteiger partial charge in [0.1, 0.15) is 28.7 Å². The van der Waals surface area contributed by atoms with Gasteiger partial charge in [-0.25, -0.2) is 14.4 Å². The van der Waals surface area contributed by atoms with Gasteiger partial charge in [-0.3, -0.25) is 0 Å². The van der Waals surface area contributed by atoms with Crippen molar-refractivity contribution in [2.24, 2.45) is 0 Å². The smallest absolute Gasteiger partial charge is 0.148 e. The van der Waals surface area contributed by atoms with Crippen molar-refractivity contribution in [3.05, 3.63) is 83.0 Å². The molecular weight excluding hydrogens is 329 g/mol. The lowest BCUT2D eigenvalue weighted by Gasteiger charge is -2.21. The van der Waals surface area contributed by atoms with Gasteiger partial charge in [0.05, 0.1) is 19.3 Å². The Hall–Kier alpha value is -2.66. The van der Waals surface area contributed by atoms with E-state index in [0.29, 0.717) is 10.8 Å². The Bertz CT molecular complexity index is 809. The molecule has 1 aromatic heterocycles. The first-order valence-corrected chi connectivity index (χ1v) is 7.66. The number of hydrogen-bond donors (Lipinski definition) is 1. The second-order valence-electron chi connectivity index (χ2n) is 5.12. The van der Waals surface area contributed by atoms with E-state index in [-0.39, 0.29) is 11.9 Å². The largest absolute Gasteiger partial charge is 0.497 e. The number of rotatable bonds is 5. The van der Waals surface area contributed by atoms with E-state index in [0.717, 1.165) is 16.9 Å². The van der Waals surface area contributed by atoms with E-state index < -0.39 is 0 Å². The highest BCUT2D eigenvalue weighted by molar-refractivity contribution is 6.32. The number of anilines is 1. The van der Waals surface area contributed by atoms with E-state index in [1.807, 2.05) is 24.3 Å². The molecule has 0 spiro atoms. The molecule has 0 saturated heterocycles. The molecule has 1 heterocycles. The van der Waals surface area contributed by atoms with Crippen LogP contribution in [0.5, 0.6) is 5.75 Å². The maximum Gasteiger partial charge on any atom is 0.148 e. The summed E-state index contributed by atoms with van der Waals surface area (Å²) in [6.07, 6.45) is 2.94. The Morgan fingerprint density at radius 2 is 1.67 bits per heavy atom. The molecule has 0 aliphatic carbocycles. The van der Waals surface area contributed by atoms with Crippen LogP contribution in [0.1, 0.15) is 17.2 Å². The van der Waals surface area contributed by atoms with Crippen molar-refractivity contribution in [2.45, 2.75) is 6.04 Å². The molecule has 0 saturated carbocycles. The molecule has 3 rings (SSSR count). The first-order valence-electron chi connectivity index (χ1n) is 7.29. The van der Waals surface area contributed by atoms with Crippen molar-refractivity contribution in [2.75, 3.05) is 12.4 Å². The summed E-state index contributed by atoms with van der Waals surface area (Å²) in [7, 11) is 1.62. The van der Waals surface area contributed by atoms with E-state index in [9.17, 15) is 4.39 Å². The Kier molecular flexibility index (Phi) is 4.91. The highest BCUT2D eigenvalue weighted by atomic mass is 35.5. The Balaban J connectivity index is 1.99. The number of ether oxygens (including phenoxy) is 1. The third-order valence-electron chi connectivity index (χ3n) is 3.60. The molecule has 2 aromatic carbocycles. The molecule has 3 aromatic rings. The third kappa shape index (κ3) is 3.63. The molecule has 1 atom stereocenters. The molecule has 1 N–H and O–H groups in total. The van der Waals surface area contributed by atoms with Crippen molar-refractivity contribution < 1.29 is 9.13 Å². The number of halogens is 2. The van der Waals surface area contributed by atoms with Gasteiger partial charge in [-0.1, -0.05) is 35.9 Å². The summed E-state index contributed by atoms with van der Waals surface area (Å²) in [5.74, 6) is 0.987. The van der Waals surface area contributed by atoms with Crippen LogP contribution < -0.4 is 10.1 Å². The van der Waals surface area contributed by atoms with Crippen LogP contribution in [0.3, 0.4) is 0 Å².